The van der Waals surface area contributed by atoms with E-state index in [2.05, 4.69) is 5.32 Å². The van der Waals surface area contributed by atoms with Crippen LogP contribution in [0.3, 0.4) is 0 Å². The lowest BCUT2D eigenvalue weighted by atomic mass is 10.2. The predicted octanol–water partition coefficient (Wildman–Crippen LogP) is 3.77. The van der Waals surface area contributed by atoms with E-state index in [0.29, 0.717) is 17.1 Å². The lowest BCUT2D eigenvalue weighted by Crippen LogP contribution is -2.10. The standard InChI is InChI=1S/C17H14F3NO3/c1-23-11-7-10(8-12(9-11)24-2)3-6-15(22)21-14-5-4-13(18)16(19)17(14)20/h3-9H,1-2H3,(H,21,22). The highest BCUT2D eigenvalue weighted by Gasteiger charge is 2.14. The molecular formula is C17H14F3NO3. The summed E-state index contributed by atoms with van der Waals surface area (Å²) in [7, 11) is 2.97. The van der Waals surface area contributed by atoms with E-state index in [9.17, 15) is 18.0 Å². The number of rotatable bonds is 5. The van der Waals surface area contributed by atoms with E-state index in [0.717, 1.165) is 18.2 Å². The first-order chi connectivity index (χ1) is 11.4. The number of benzene rings is 2. The lowest BCUT2D eigenvalue weighted by molar-refractivity contribution is -0.111. The molecule has 0 heterocycles. The molecule has 126 valence electrons. The lowest BCUT2D eigenvalue weighted by Gasteiger charge is -2.06. The maximum atomic E-state index is 13.5. The summed E-state index contributed by atoms with van der Waals surface area (Å²) in [4.78, 5) is 11.8. The van der Waals surface area contributed by atoms with Crippen molar-refractivity contribution in [2.45, 2.75) is 0 Å². The van der Waals surface area contributed by atoms with Crippen LogP contribution in [0.25, 0.3) is 6.08 Å². The van der Waals surface area contributed by atoms with Crippen molar-refractivity contribution in [3.05, 3.63) is 59.4 Å². The third-order valence-corrected chi connectivity index (χ3v) is 3.09. The summed E-state index contributed by atoms with van der Waals surface area (Å²) in [6.07, 6.45) is 2.56. The van der Waals surface area contributed by atoms with E-state index >= 15 is 0 Å². The number of carbonyl (C=O) groups excluding carboxylic acids is 1. The van der Waals surface area contributed by atoms with Gasteiger partial charge in [-0.15, -0.1) is 0 Å². The Balaban J connectivity index is 2.15. The minimum Gasteiger partial charge on any atom is -0.497 e. The third kappa shape index (κ3) is 4.07. The number of ether oxygens (including phenoxy) is 2. The number of hydrogen-bond acceptors (Lipinski definition) is 3. The topological polar surface area (TPSA) is 47.6 Å². The van der Waals surface area contributed by atoms with E-state index in [1.165, 1.54) is 20.3 Å². The summed E-state index contributed by atoms with van der Waals surface area (Å²) < 4.78 is 49.6. The number of halogens is 3. The monoisotopic (exact) mass is 337 g/mol. The number of hydrogen-bond donors (Lipinski definition) is 1. The molecule has 1 N–H and O–H groups in total. The van der Waals surface area contributed by atoms with Crippen molar-refractivity contribution in [3.8, 4) is 11.5 Å². The SMILES string of the molecule is COc1cc(C=CC(=O)Nc2ccc(F)c(F)c2F)cc(OC)c1. The van der Waals surface area contributed by atoms with Gasteiger partial charge in [-0.2, -0.15) is 0 Å². The second-order valence-corrected chi connectivity index (χ2v) is 4.69. The van der Waals surface area contributed by atoms with Crippen LogP contribution in [0, 0.1) is 17.5 Å². The van der Waals surface area contributed by atoms with Gasteiger partial charge >= 0.3 is 0 Å². The van der Waals surface area contributed by atoms with Gasteiger partial charge < -0.3 is 14.8 Å². The zero-order valence-electron chi connectivity index (χ0n) is 12.9. The molecule has 0 spiro atoms. The van der Waals surface area contributed by atoms with Crippen molar-refractivity contribution < 1.29 is 27.4 Å². The first-order valence-electron chi connectivity index (χ1n) is 6.80. The zero-order valence-corrected chi connectivity index (χ0v) is 12.9. The van der Waals surface area contributed by atoms with Crippen LogP contribution in [-0.2, 0) is 4.79 Å². The average Bonchev–Trinajstić information content (AvgIpc) is 2.60. The Morgan fingerprint density at radius 1 is 1.00 bits per heavy atom. The van der Waals surface area contributed by atoms with Crippen molar-refractivity contribution in [1.29, 1.82) is 0 Å². The highest BCUT2D eigenvalue weighted by Crippen LogP contribution is 2.23. The summed E-state index contributed by atoms with van der Waals surface area (Å²) in [5.74, 6) is -4.08. The molecule has 0 aromatic heterocycles. The minimum atomic E-state index is -1.64. The van der Waals surface area contributed by atoms with Crippen LogP contribution in [0.2, 0.25) is 0 Å². The zero-order chi connectivity index (χ0) is 17.7. The van der Waals surface area contributed by atoms with Crippen LogP contribution < -0.4 is 14.8 Å². The van der Waals surface area contributed by atoms with Crippen molar-refractivity contribution in [2.75, 3.05) is 19.5 Å². The minimum absolute atomic E-state index is 0.452. The van der Waals surface area contributed by atoms with Crippen LogP contribution >= 0.6 is 0 Å². The molecule has 7 heteroatoms. The number of methoxy groups -OCH3 is 2. The molecule has 2 rings (SSSR count). The molecule has 0 bridgehead atoms. The first kappa shape index (κ1) is 17.4. The van der Waals surface area contributed by atoms with E-state index < -0.39 is 29.0 Å². The van der Waals surface area contributed by atoms with Gasteiger partial charge in [-0.3, -0.25) is 4.79 Å². The van der Waals surface area contributed by atoms with Gasteiger partial charge in [-0.1, -0.05) is 0 Å². The van der Waals surface area contributed by atoms with Crippen LogP contribution in [0.15, 0.2) is 36.4 Å². The van der Waals surface area contributed by atoms with Gasteiger partial charge in [0.1, 0.15) is 11.5 Å². The van der Waals surface area contributed by atoms with Gasteiger partial charge in [-0.05, 0) is 35.9 Å². The van der Waals surface area contributed by atoms with Crippen molar-refractivity contribution in [2.24, 2.45) is 0 Å². The highest BCUT2D eigenvalue weighted by molar-refractivity contribution is 6.02. The van der Waals surface area contributed by atoms with Crippen LogP contribution in [0.1, 0.15) is 5.56 Å². The Morgan fingerprint density at radius 2 is 1.62 bits per heavy atom. The largest absolute Gasteiger partial charge is 0.497 e. The number of carbonyl (C=O) groups is 1. The highest BCUT2D eigenvalue weighted by atomic mass is 19.2. The maximum Gasteiger partial charge on any atom is 0.248 e. The van der Waals surface area contributed by atoms with Crippen molar-refractivity contribution >= 4 is 17.7 Å². The number of amides is 1. The van der Waals surface area contributed by atoms with Crippen LogP contribution in [0.5, 0.6) is 11.5 Å². The molecule has 0 aliphatic rings. The van der Waals surface area contributed by atoms with E-state index in [1.54, 1.807) is 18.2 Å². The fraction of sp³-hybridized carbons (Fsp3) is 0.118. The molecule has 4 nitrogen and oxygen atoms in total. The van der Waals surface area contributed by atoms with Gasteiger partial charge in [0.25, 0.3) is 0 Å². The Bertz CT molecular complexity index is 769. The molecule has 2 aromatic carbocycles. The molecule has 1 amide bonds. The van der Waals surface area contributed by atoms with E-state index in [1.807, 2.05) is 0 Å². The number of nitrogens with one attached hydrogen (secondary N) is 1. The molecule has 0 saturated carbocycles. The molecule has 0 aliphatic heterocycles. The summed E-state index contributed by atoms with van der Waals surface area (Å²) in [5.41, 5.74) is 0.152. The smallest absolute Gasteiger partial charge is 0.248 e. The molecule has 0 saturated heterocycles. The molecule has 0 unspecified atom stereocenters. The summed E-state index contributed by atoms with van der Waals surface area (Å²) in [5, 5.41) is 2.14. The van der Waals surface area contributed by atoms with Gasteiger partial charge in [0.15, 0.2) is 17.5 Å². The summed E-state index contributed by atoms with van der Waals surface area (Å²) in [6.45, 7) is 0. The first-order valence-corrected chi connectivity index (χ1v) is 6.80. The summed E-state index contributed by atoms with van der Waals surface area (Å²) in [6, 6.07) is 6.64. The Labute approximate surface area is 136 Å². The van der Waals surface area contributed by atoms with Gasteiger partial charge in [0.05, 0.1) is 19.9 Å². The molecule has 24 heavy (non-hydrogen) atoms. The second kappa shape index (κ2) is 7.54. The third-order valence-electron chi connectivity index (χ3n) is 3.09. The Morgan fingerprint density at radius 3 is 2.21 bits per heavy atom. The summed E-state index contributed by atoms with van der Waals surface area (Å²) >= 11 is 0. The number of anilines is 1. The fourth-order valence-electron chi connectivity index (χ4n) is 1.89. The van der Waals surface area contributed by atoms with Crippen molar-refractivity contribution in [1.82, 2.24) is 0 Å². The molecule has 0 fully saturated rings. The molecule has 0 atom stereocenters. The molecular weight excluding hydrogens is 323 g/mol. The molecule has 0 aliphatic carbocycles. The van der Waals surface area contributed by atoms with Crippen molar-refractivity contribution in [3.63, 3.8) is 0 Å². The fourth-order valence-corrected chi connectivity index (χ4v) is 1.89. The van der Waals surface area contributed by atoms with E-state index in [-0.39, 0.29) is 0 Å². The van der Waals surface area contributed by atoms with Gasteiger partial charge in [-0.25, -0.2) is 13.2 Å². The van der Waals surface area contributed by atoms with Gasteiger partial charge in [0.2, 0.25) is 5.91 Å². The normalized spacial score (nSPS) is 10.7. The molecule has 2 aromatic rings. The average molecular weight is 337 g/mol. The quantitative estimate of drug-likeness (QED) is 0.667. The Hall–Kier alpha value is -2.96. The predicted molar refractivity (Wildman–Crippen MR) is 83.5 cm³/mol. The molecule has 0 radical (unpaired) electrons. The van der Waals surface area contributed by atoms with Crippen LogP contribution in [-0.4, -0.2) is 20.1 Å². The maximum absolute atomic E-state index is 13.5. The van der Waals surface area contributed by atoms with E-state index in [4.69, 9.17) is 9.47 Å². The second-order valence-electron chi connectivity index (χ2n) is 4.69. The Kier molecular flexibility index (Phi) is 5.47. The van der Waals surface area contributed by atoms with Gasteiger partial charge in [0, 0.05) is 12.1 Å². The van der Waals surface area contributed by atoms with Crippen LogP contribution in [0.4, 0.5) is 18.9 Å².